The predicted molar refractivity (Wildman–Crippen MR) is 74.6 cm³/mol. The molecule has 0 spiro atoms. The second-order valence-corrected chi connectivity index (χ2v) is 6.39. The molecule has 0 aliphatic carbocycles. The third-order valence-corrected chi connectivity index (χ3v) is 3.89. The van der Waals surface area contributed by atoms with Crippen molar-refractivity contribution in [1.29, 1.82) is 0 Å². The maximum atomic E-state index is 3.77. The molecule has 0 heterocycles. The summed E-state index contributed by atoms with van der Waals surface area (Å²) >= 11 is 7.27. The van der Waals surface area contributed by atoms with E-state index in [1.165, 1.54) is 22.9 Å². The van der Waals surface area contributed by atoms with Gasteiger partial charge in [0, 0.05) is 9.30 Å². The zero-order valence-corrected chi connectivity index (χ0v) is 12.5. The van der Waals surface area contributed by atoms with E-state index in [4.69, 9.17) is 0 Å². The zero-order valence-electron chi connectivity index (χ0n) is 9.34. The lowest BCUT2D eigenvalue weighted by Crippen LogP contribution is -2.07. The number of alkyl halides is 1. The van der Waals surface area contributed by atoms with Crippen molar-refractivity contribution in [2.24, 2.45) is 5.92 Å². The Kier molecular flexibility index (Phi) is 5.91. The number of hydrogen-bond acceptors (Lipinski definition) is 0. The monoisotopic (exact) mass is 332 g/mol. The molecule has 2 atom stereocenters. The van der Waals surface area contributed by atoms with Crippen molar-refractivity contribution in [2.45, 2.75) is 37.9 Å². The van der Waals surface area contributed by atoms with E-state index in [0.29, 0.717) is 4.83 Å². The summed E-state index contributed by atoms with van der Waals surface area (Å²) < 4.78 is 1.17. The van der Waals surface area contributed by atoms with E-state index in [1.807, 2.05) is 0 Å². The van der Waals surface area contributed by atoms with Crippen LogP contribution < -0.4 is 0 Å². The largest absolute Gasteiger partial charge is 0.0887 e. The summed E-state index contributed by atoms with van der Waals surface area (Å²) in [7, 11) is 0. The van der Waals surface area contributed by atoms with Crippen LogP contribution in [0.4, 0.5) is 0 Å². The molecule has 0 aliphatic rings. The smallest absolute Gasteiger partial charge is 0.0188 e. The van der Waals surface area contributed by atoms with Crippen LogP contribution in [-0.2, 0) is 6.42 Å². The Morgan fingerprint density at radius 1 is 1.33 bits per heavy atom. The molecule has 0 bridgehead atoms. The highest BCUT2D eigenvalue weighted by atomic mass is 79.9. The minimum absolute atomic E-state index is 0.599. The van der Waals surface area contributed by atoms with Crippen LogP contribution >= 0.6 is 31.9 Å². The van der Waals surface area contributed by atoms with Gasteiger partial charge in [-0.3, -0.25) is 0 Å². The Morgan fingerprint density at radius 2 is 2.07 bits per heavy atom. The lowest BCUT2D eigenvalue weighted by molar-refractivity contribution is 0.507. The van der Waals surface area contributed by atoms with Gasteiger partial charge in [-0.15, -0.1) is 0 Å². The van der Waals surface area contributed by atoms with Gasteiger partial charge >= 0.3 is 0 Å². The molecular formula is C13H18Br2. The molecule has 1 aromatic carbocycles. The fourth-order valence-electron chi connectivity index (χ4n) is 1.61. The minimum Gasteiger partial charge on any atom is -0.0887 e. The second-order valence-electron chi connectivity index (χ2n) is 4.18. The van der Waals surface area contributed by atoms with Crippen molar-refractivity contribution in [2.75, 3.05) is 0 Å². The molecule has 0 aliphatic heterocycles. The number of rotatable bonds is 5. The molecule has 1 aromatic rings. The summed E-state index contributed by atoms with van der Waals surface area (Å²) in [5.41, 5.74) is 1.40. The van der Waals surface area contributed by atoms with Crippen molar-refractivity contribution >= 4 is 31.9 Å². The molecule has 2 heteroatoms. The molecule has 0 N–H and O–H groups in total. The normalized spacial score (nSPS) is 14.9. The summed E-state index contributed by atoms with van der Waals surface area (Å²) in [5.74, 6) is 0.807. The molecule has 0 aromatic heterocycles. The van der Waals surface area contributed by atoms with Crippen molar-refractivity contribution in [3.63, 3.8) is 0 Å². The average Bonchev–Trinajstić information content (AvgIpc) is 2.17. The van der Waals surface area contributed by atoms with Crippen LogP contribution in [-0.4, -0.2) is 4.83 Å². The van der Waals surface area contributed by atoms with Crippen LogP contribution in [0.3, 0.4) is 0 Å². The summed E-state index contributed by atoms with van der Waals surface area (Å²) in [4.78, 5) is 0.599. The summed E-state index contributed by atoms with van der Waals surface area (Å²) in [6.07, 6.45) is 3.63. The number of hydrogen-bond donors (Lipinski definition) is 0. The molecule has 84 valence electrons. The van der Waals surface area contributed by atoms with Crippen LogP contribution in [0.15, 0.2) is 28.7 Å². The first-order valence-electron chi connectivity index (χ1n) is 5.50. The van der Waals surface area contributed by atoms with Crippen LogP contribution in [0.25, 0.3) is 0 Å². The third-order valence-electron chi connectivity index (χ3n) is 2.70. The number of halogens is 2. The van der Waals surface area contributed by atoms with Crippen molar-refractivity contribution < 1.29 is 0 Å². The molecule has 1 rings (SSSR count). The Hall–Kier alpha value is 0.180. The Morgan fingerprint density at radius 3 is 2.67 bits per heavy atom. The lowest BCUT2D eigenvalue weighted by atomic mass is 9.99. The van der Waals surface area contributed by atoms with Crippen molar-refractivity contribution in [3.05, 3.63) is 34.3 Å². The first-order valence-corrected chi connectivity index (χ1v) is 7.21. The van der Waals surface area contributed by atoms with Gasteiger partial charge < -0.3 is 0 Å². The molecule has 0 saturated carbocycles. The molecule has 2 unspecified atom stereocenters. The highest BCUT2D eigenvalue weighted by molar-refractivity contribution is 9.10. The topological polar surface area (TPSA) is 0 Å². The van der Waals surface area contributed by atoms with Crippen LogP contribution in [0.2, 0.25) is 0 Å². The van der Waals surface area contributed by atoms with E-state index < -0.39 is 0 Å². The van der Waals surface area contributed by atoms with Gasteiger partial charge in [0.2, 0.25) is 0 Å². The highest BCUT2D eigenvalue weighted by Gasteiger charge is 2.09. The van der Waals surface area contributed by atoms with Gasteiger partial charge in [0.05, 0.1) is 0 Å². The predicted octanol–water partition coefficient (Wildman–Crippen LogP) is 5.19. The van der Waals surface area contributed by atoms with E-state index in [0.717, 1.165) is 12.3 Å². The quantitative estimate of drug-likeness (QED) is 0.650. The molecule has 0 radical (unpaired) electrons. The molecule has 0 amide bonds. The molecule has 15 heavy (non-hydrogen) atoms. The molecule has 0 nitrogen and oxygen atoms in total. The molecule has 0 fully saturated rings. The van der Waals surface area contributed by atoms with Crippen LogP contribution in [0.1, 0.15) is 32.3 Å². The Balaban J connectivity index is 2.47. The van der Waals surface area contributed by atoms with Gasteiger partial charge in [0.25, 0.3) is 0 Å². The van der Waals surface area contributed by atoms with E-state index in [9.17, 15) is 0 Å². The number of benzene rings is 1. The standard InChI is InChI=1S/C13H18Br2/c1-3-10(2)7-13(15)9-11-5-4-6-12(14)8-11/h4-6,8,10,13H,3,7,9H2,1-2H3. The summed E-state index contributed by atoms with van der Waals surface area (Å²) in [6.45, 7) is 4.57. The van der Waals surface area contributed by atoms with Gasteiger partial charge in [-0.1, -0.05) is 64.3 Å². The fourth-order valence-corrected chi connectivity index (χ4v) is 3.06. The maximum Gasteiger partial charge on any atom is 0.0188 e. The highest BCUT2D eigenvalue weighted by Crippen LogP contribution is 2.21. The minimum atomic E-state index is 0.599. The van der Waals surface area contributed by atoms with Gasteiger partial charge in [0.1, 0.15) is 0 Å². The Labute approximate surface area is 110 Å². The van der Waals surface area contributed by atoms with Crippen molar-refractivity contribution in [3.8, 4) is 0 Å². The van der Waals surface area contributed by atoms with Crippen molar-refractivity contribution in [1.82, 2.24) is 0 Å². The van der Waals surface area contributed by atoms with E-state index in [2.05, 4.69) is 70.0 Å². The van der Waals surface area contributed by atoms with Gasteiger partial charge in [-0.25, -0.2) is 0 Å². The van der Waals surface area contributed by atoms with Gasteiger partial charge in [0.15, 0.2) is 0 Å². The molecular weight excluding hydrogens is 316 g/mol. The SMILES string of the molecule is CCC(C)CC(Br)Cc1cccc(Br)c1. The first kappa shape index (κ1) is 13.2. The van der Waals surface area contributed by atoms with Gasteiger partial charge in [-0.2, -0.15) is 0 Å². The first-order chi connectivity index (χ1) is 7.11. The van der Waals surface area contributed by atoms with Crippen LogP contribution in [0, 0.1) is 5.92 Å². The van der Waals surface area contributed by atoms with E-state index in [-0.39, 0.29) is 0 Å². The van der Waals surface area contributed by atoms with Crippen LogP contribution in [0.5, 0.6) is 0 Å². The Bertz CT molecular complexity index is 296. The maximum absolute atomic E-state index is 3.77. The van der Waals surface area contributed by atoms with E-state index in [1.54, 1.807) is 0 Å². The fraction of sp³-hybridized carbons (Fsp3) is 0.538. The average molecular weight is 334 g/mol. The summed E-state index contributed by atoms with van der Waals surface area (Å²) in [5, 5.41) is 0. The summed E-state index contributed by atoms with van der Waals surface area (Å²) in [6, 6.07) is 8.56. The zero-order chi connectivity index (χ0) is 11.3. The van der Waals surface area contributed by atoms with Gasteiger partial charge in [-0.05, 0) is 36.5 Å². The van der Waals surface area contributed by atoms with E-state index >= 15 is 0 Å². The second kappa shape index (κ2) is 6.70. The third kappa shape index (κ3) is 5.17. The lowest BCUT2D eigenvalue weighted by Gasteiger charge is -2.14. The molecule has 0 saturated heterocycles.